The molecule has 42 heavy (non-hydrogen) atoms. The summed E-state index contributed by atoms with van der Waals surface area (Å²) < 4.78 is 37.9. The van der Waals surface area contributed by atoms with E-state index in [1.165, 1.54) is 25.2 Å². The van der Waals surface area contributed by atoms with Gasteiger partial charge in [-0.3, -0.25) is 13.9 Å². The minimum atomic E-state index is -3.95. The maximum absolute atomic E-state index is 14.3. The Labute approximate surface area is 249 Å². The minimum absolute atomic E-state index is 0.104. The number of carbonyl (C=O) groups is 2. The number of hydrogen-bond acceptors (Lipinski definition) is 6. The third kappa shape index (κ3) is 8.97. The standard InChI is InChI=1S/C32H41N3O6S/c1-23-12-11-15-25(18-23)21-34(28(31(37)33-32(2,3)4)19-24-13-9-8-10-14-24)30(36)22-35(42(7,38)39)27-17-16-26(40-5)20-29(27)41-6/h8-18,20,28H,19,21-22H2,1-7H3,(H,33,37)/t28-/m1/s1. The number of nitrogens with zero attached hydrogens (tertiary/aromatic N) is 2. The van der Waals surface area contributed by atoms with Crippen molar-refractivity contribution >= 4 is 27.5 Å². The predicted octanol–water partition coefficient (Wildman–Crippen LogP) is 4.33. The summed E-state index contributed by atoms with van der Waals surface area (Å²) in [5.74, 6) is -0.174. The Morgan fingerprint density at radius 3 is 2.14 bits per heavy atom. The SMILES string of the molecule is COc1ccc(N(CC(=O)N(Cc2cccc(C)c2)[C@H](Cc2ccccc2)C(=O)NC(C)(C)C)S(C)(=O)=O)c(OC)c1. The van der Waals surface area contributed by atoms with E-state index in [0.717, 1.165) is 27.3 Å². The Morgan fingerprint density at radius 1 is 0.905 bits per heavy atom. The van der Waals surface area contributed by atoms with Crippen LogP contribution in [-0.2, 0) is 32.6 Å². The highest BCUT2D eigenvalue weighted by molar-refractivity contribution is 7.92. The van der Waals surface area contributed by atoms with E-state index in [4.69, 9.17) is 9.47 Å². The highest BCUT2D eigenvalue weighted by Gasteiger charge is 2.35. The van der Waals surface area contributed by atoms with Crippen LogP contribution in [0, 0.1) is 6.92 Å². The Balaban J connectivity index is 2.11. The molecule has 3 aromatic rings. The summed E-state index contributed by atoms with van der Waals surface area (Å²) >= 11 is 0. The largest absolute Gasteiger partial charge is 0.497 e. The minimum Gasteiger partial charge on any atom is -0.497 e. The third-order valence-electron chi connectivity index (χ3n) is 6.54. The molecule has 9 nitrogen and oxygen atoms in total. The quantitative estimate of drug-likeness (QED) is 0.334. The van der Waals surface area contributed by atoms with Crippen molar-refractivity contribution in [2.45, 2.75) is 52.2 Å². The summed E-state index contributed by atoms with van der Waals surface area (Å²) in [7, 11) is -1.04. The molecule has 0 saturated carbocycles. The molecule has 0 aromatic heterocycles. The monoisotopic (exact) mass is 595 g/mol. The van der Waals surface area contributed by atoms with E-state index in [1.807, 2.05) is 82.3 Å². The molecule has 1 atom stereocenters. The smallest absolute Gasteiger partial charge is 0.244 e. The number of amides is 2. The molecular weight excluding hydrogens is 554 g/mol. The van der Waals surface area contributed by atoms with Crippen LogP contribution in [0.15, 0.2) is 72.8 Å². The van der Waals surface area contributed by atoms with E-state index in [9.17, 15) is 18.0 Å². The van der Waals surface area contributed by atoms with Gasteiger partial charge in [-0.25, -0.2) is 8.42 Å². The summed E-state index contributed by atoms with van der Waals surface area (Å²) in [4.78, 5) is 29.6. The zero-order chi connectivity index (χ0) is 31.1. The fraction of sp³-hybridized carbons (Fsp3) is 0.375. The molecule has 0 fully saturated rings. The second kappa shape index (κ2) is 13.7. The summed E-state index contributed by atoms with van der Waals surface area (Å²) in [6, 6.07) is 20.9. The van der Waals surface area contributed by atoms with E-state index in [1.54, 1.807) is 12.1 Å². The van der Waals surface area contributed by atoms with Gasteiger partial charge in [0.15, 0.2) is 0 Å². The maximum atomic E-state index is 14.3. The van der Waals surface area contributed by atoms with Crippen LogP contribution in [0.1, 0.15) is 37.5 Å². The van der Waals surface area contributed by atoms with Crippen molar-refractivity contribution in [3.63, 3.8) is 0 Å². The molecule has 0 aliphatic heterocycles. The molecule has 0 radical (unpaired) electrons. The van der Waals surface area contributed by atoms with Gasteiger partial charge in [-0.1, -0.05) is 60.2 Å². The Kier molecular flexibility index (Phi) is 10.6. The van der Waals surface area contributed by atoms with Gasteiger partial charge >= 0.3 is 0 Å². The van der Waals surface area contributed by atoms with Gasteiger partial charge < -0.3 is 19.7 Å². The lowest BCUT2D eigenvalue weighted by atomic mass is 10.0. The zero-order valence-electron chi connectivity index (χ0n) is 25.4. The average Bonchev–Trinajstić information content (AvgIpc) is 2.92. The van der Waals surface area contributed by atoms with Crippen LogP contribution in [0.25, 0.3) is 0 Å². The van der Waals surface area contributed by atoms with Gasteiger partial charge in [-0.05, 0) is 51.0 Å². The van der Waals surface area contributed by atoms with Crippen molar-refractivity contribution in [1.29, 1.82) is 0 Å². The molecule has 0 aliphatic rings. The van der Waals surface area contributed by atoms with Crippen LogP contribution in [0.3, 0.4) is 0 Å². The van der Waals surface area contributed by atoms with Crippen molar-refractivity contribution in [3.8, 4) is 11.5 Å². The van der Waals surface area contributed by atoms with Gasteiger partial charge in [0.1, 0.15) is 24.1 Å². The van der Waals surface area contributed by atoms with Crippen LogP contribution < -0.4 is 19.1 Å². The maximum Gasteiger partial charge on any atom is 0.244 e. The first-order valence-corrected chi connectivity index (χ1v) is 15.5. The average molecular weight is 596 g/mol. The molecular formula is C32H41N3O6S. The molecule has 3 rings (SSSR count). The van der Waals surface area contributed by atoms with Crippen molar-refractivity contribution in [2.75, 3.05) is 31.3 Å². The normalized spacial score (nSPS) is 12.3. The number of rotatable bonds is 12. The molecule has 0 spiro atoms. The van der Waals surface area contributed by atoms with Crippen molar-refractivity contribution in [2.24, 2.45) is 0 Å². The fourth-order valence-corrected chi connectivity index (χ4v) is 5.45. The Bertz CT molecular complexity index is 1490. The molecule has 1 N–H and O–H groups in total. The lowest BCUT2D eigenvalue weighted by Gasteiger charge is -2.35. The van der Waals surface area contributed by atoms with Crippen LogP contribution in [0.2, 0.25) is 0 Å². The van der Waals surface area contributed by atoms with Crippen LogP contribution in [0.4, 0.5) is 5.69 Å². The van der Waals surface area contributed by atoms with Gasteiger partial charge in [-0.15, -0.1) is 0 Å². The number of carbonyl (C=O) groups excluding carboxylic acids is 2. The summed E-state index contributed by atoms with van der Waals surface area (Å²) in [5, 5.41) is 3.02. The van der Waals surface area contributed by atoms with Gasteiger partial charge in [0.25, 0.3) is 0 Å². The highest BCUT2D eigenvalue weighted by atomic mass is 32.2. The number of nitrogens with one attached hydrogen (secondary N) is 1. The lowest BCUT2D eigenvalue weighted by molar-refractivity contribution is -0.140. The summed E-state index contributed by atoms with van der Waals surface area (Å²) in [6.07, 6.45) is 1.27. The molecule has 0 saturated heterocycles. The molecule has 0 aliphatic carbocycles. The third-order valence-corrected chi connectivity index (χ3v) is 7.67. The Hall–Kier alpha value is -4.05. The topological polar surface area (TPSA) is 105 Å². The number of sulfonamides is 1. The van der Waals surface area contributed by atoms with Gasteiger partial charge in [0.2, 0.25) is 21.8 Å². The lowest BCUT2D eigenvalue weighted by Crippen LogP contribution is -2.56. The fourth-order valence-electron chi connectivity index (χ4n) is 4.60. The van der Waals surface area contributed by atoms with Gasteiger partial charge in [-0.2, -0.15) is 0 Å². The van der Waals surface area contributed by atoms with Crippen molar-refractivity contribution in [1.82, 2.24) is 10.2 Å². The zero-order valence-corrected chi connectivity index (χ0v) is 26.2. The molecule has 2 amide bonds. The van der Waals surface area contributed by atoms with Crippen molar-refractivity contribution in [3.05, 3.63) is 89.5 Å². The number of ether oxygens (including phenoxy) is 2. The molecule has 0 bridgehead atoms. The van der Waals surface area contributed by atoms with E-state index < -0.39 is 34.1 Å². The van der Waals surface area contributed by atoms with Gasteiger partial charge in [0, 0.05) is 24.6 Å². The van der Waals surface area contributed by atoms with Crippen LogP contribution >= 0.6 is 0 Å². The number of anilines is 1. The van der Waals surface area contributed by atoms with Crippen LogP contribution in [0.5, 0.6) is 11.5 Å². The first kappa shape index (κ1) is 32.5. The first-order valence-electron chi connectivity index (χ1n) is 13.6. The molecule has 3 aromatic carbocycles. The molecule has 0 unspecified atom stereocenters. The van der Waals surface area contributed by atoms with E-state index >= 15 is 0 Å². The number of methoxy groups -OCH3 is 2. The number of hydrogen-bond donors (Lipinski definition) is 1. The Morgan fingerprint density at radius 2 is 1.57 bits per heavy atom. The summed E-state index contributed by atoms with van der Waals surface area (Å²) in [6.45, 7) is 7.13. The first-order chi connectivity index (χ1) is 19.7. The van der Waals surface area contributed by atoms with E-state index in [0.29, 0.717) is 5.75 Å². The summed E-state index contributed by atoms with van der Waals surface area (Å²) in [5.41, 5.74) is 2.31. The van der Waals surface area contributed by atoms with Gasteiger partial charge in [0.05, 0.1) is 26.2 Å². The van der Waals surface area contributed by atoms with Crippen molar-refractivity contribution < 1.29 is 27.5 Å². The second-order valence-corrected chi connectivity index (χ2v) is 13.2. The second-order valence-electron chi connectivity index (χ2n) is 11.3. The number of benzene rings is 3. The molecule has 0 heterocycles. The predicted molar refractivity (Wildman–Crippen MR) is 165 cm³/mol. The van der Waals surface area contributed by atoms with Crippen LogP contribution in [-0.4, -0.2) is 63.7 Å². The van der Waals surface area contributed by atoms with E-state index in [-0.39, 0.29) is 30.3 Å². The van der Waals surface area contributed by atoms with E-state index in [2.05, 4.69) is 5.32 Å². The molecule has 10 heteroatoms. The highest BCUT2D eigenvalue weighted by Crippen LogP contribution is 2.34. The number of aryl methyl sites for hydroxylation is 1. The molecule has 226 valence electrons.